The number of rotatable bonds is 3. The lowest BCUT2D eigenvalue weighted by atomic mass is 9.83. The molecule has 1 aromatic rings. The molecule has 0 saturated carbocycles. The van der Waals surface area contributed by atoms with Crippen molar-refractivity contribution in [2.24, 2.45) is 5.92 Å². The Morgan fingerprint density at radius 3 is 2.22 bits per heavy atom. The highest BCUT2D eigenvalue weighted by atomic mass is 19.4. The van der Waals surface area contributed by atoms with Gasteiger partial charge in [0.25, 0.3) is 0 Å². The summed E-state index contributed by atoms with van der Waals surface area (Å²) in [7, 11) is 0. The highest BCUT2D eigenvalue weighted by molar-refractivity contribution is 5.75. The molecular formula is C23H31F3N2O4. The third-order valence-electron chi connectivity index (χ3n) is 5.67. The van der Waals surface area contributed by atoms with Gasteiger partial charge in [-0.15, -0.1) is 0 Å². The molecule has 0 aliphatic carbocycles. The average Bonchev–Trinajstić information content (AvgIpc) is 2.71. The van der Waals surface area contributed by atoms with Crippen molar-refractivity contribution in [3.8, 4) is 0 Å². The summed E-state index contributed by atoms with van der Waals surface area (Å²) < 4.78 is 49.6. The Morgan fingerprint density at radius 1 is 1.03 bits per heavy atom. The van der Waals surface area contributed by atoms with E-state index in [9.17, 15) is 22.8 Å². The first-order valence-corrected chi connectivity index (χ1v) is 10.9. The lowest BCUT2D eigenvalue weighted by Gasteiger charge is -2.41. The van der Waals surface area contributed by atoms with E-state index in [-0.39, 0.29) is 30.3 Å². The summed E-state index contributed by atoms with van der Waals surface area (Å²) in [5.74, 6) is -0.645. The van der Waals surface area contributed by atoms with E-state index in [1.807, 2.05) is 0 Å². The maximum Gasteiger partial charge on any atom is 0.416 e. The SMILES string of the molecule is CC(C)(C)OC(=O)CC1CC(c2ccc(C(F)(F)F)cc2)CN(C(=O)N2CCOCC2)C1. The Balaban J connectivity index is 1.77. The van der Waals surface area contributed by atoms with Crippen molar-refractivity contribution in [3.63, 3.8) is 0 Å². The number of carbonyl (C=O) groups is 2. The van der Waals surface area contributed by atoms with Gasteiger partial charge in [0.2, 0.25) is 0 Å². The first kappa shape index (κ1) is 24.4. The minimum absolute atomic E-state index is 0.126. The minimum atomic E-state index is -4.40. The fraction of sp³-hybridized carbons (Fsp3) is 0.652. The van der Waals surface area contributed by atoms with Gasteiger partial charge >= 0.3 is 18.2 Å². The Bertz CT molecular complexity index is 799. The number of benzene rings is 1. The van der Waals surface area contributed by atoms with Crippen molar-refractivity contribution in [2.45, 2.75) is 51.3 Å². The number of amides is 2. The Labute approximate surface area is 186 Å². The Kier molecular flexibility index (Phi) is 7.37. The summed E-state index contributed by atoms with van der Waals surface area (Å²) in [6, 6.07) is 4.96. The number of ether oxygens (including phenoxy) is 2. The highest BCUT2D eigenvalue weighted by Gasteiger charge is 2.36. The fourth-order valence-electron chi connectivity index (χ4n) is 4.27. The van der Waals surface area contributed by atoms with E-state index >= 15 is 0 Å². The van der Waals surface area contributed by atoms with Crippen LogP contribution < -0.4 is 0 Å². The molecule has 0 bridgehead atoms. The predicted octanol–water partition coefficient (Wildman–Crippen LogP) is 4.29. The molecule has 2 unspecified atom stereocenters. The number of urea groups is 1. The number of halogens is 3. The van der Waals surface area contributed by atoms with E-state index in [0.29, 0.717) is 45.8 Å². The van der Waals surface area contributed by atoms with Gasteiger partial charge in [0.1, 0.15) is 5.60 Å². The van der Waals surface area contributed by atoms with Crippen LogP contribution in [0.1, 0.15) is 50.7 Å². The van der Waals surface area contributed by atoms with Gasteiger partial charge in [0, 0.05) is 32.1 Å². The van der Waals surface area contributed by atoms with Crippen LogP contribution in [0, 0.1) is 5.92 Å². The average molecular weight is 457 g/mol. The van der Waals surface area contributed by atoms with E-state index < -0.39 is 17.3 Å². The molecule has 3 rings (SSSR count). The van der Waals surface area contributed by atoms with Crippen LogP contribution >= 0.6 is 0 Å². The molecule has 0 aromatic heterocycles. The number of hydrogen-bond acceptors (Lipinski definition) is 4. The number of esters is 1. The number of hydrogen-bond donors (Lipinski definition) is 0. The molecule has 178 valence electrons. The highest BCUT2D eigenvalue weighted by Crippen LogP contribution is 2.35. The molecule has 2 fully saturated rings. The second-order valence-electron chi connectivity index (χ2n) is 9.50. The number of carbonyl (C=O) groups excluding carboxylic acids is 2. The molecule has 0 N–H and O–H groups in total. The fourth-order valence-corrected chi connectivity index (χ4v) is 4.27. The smallest absolute Gasteiger partial charge is 0.416 e. The van der Waals surface area contributed by atoms with Gasteiger partial charge in [-0.2, -0.15) is 13.2 Å². The minimum Gasteiger partial charge on any atom is -0.460 e. The molecule has 1 aromatic carbocycles. The molecule has 9 heteroatoms. The summed E-state index contributed by atoms with van der Waals surface area (Å²) in [5, 5.41) is 0. The number of morpholine rings is 1. The normalized spacial score (nSPS) is 22.6. The van der Waals surface area contributed by atoms with E-state index in [4.69, 9.17) is 9.47 Å². The van der Waals surface area contributed by atoms with Crippen molar-refractivity contribution >= 4 is 12.0 Å². The molecule has 2 saturated heterocycles. The summed E-state index contributed by atoms with van der Waals surface area (Å²) in [6.45, 7) is 8.14. The zero-order chi connectivity index (χ0) is 23.5. The third-order valence-corrected chi connectivity index (χ3v) is 5.67. The van der Waals surface area contributed by atoms with Crippen LogP contribution in [-0.4, -0.2) is 66.8 Å². The molecule has 2 amide bonds. The van der Waals surface area contributed by atoms with Gasteiger partial charge in [-0.3, -0.25) is 4.79 Å². The number of nitrogens with zero attached hydrogens (tertiary/aromatic N) is 2. The van der Waals surface area contributed by atoms with Gasteiger partial charge in [-0.25, -0.2) is 4.79 Å². The van der Waals surface area contributed by atoms with E-state index in [1.54, 1.807) is 30.6 Å². The zero-order valence-corrected chi connectivity index (χ0v) is 18.8. The molecule has 32 heavy (non-hydrogen) atoms. The first-order chi connectivity index (χ1) is 14.9. The lowest BCUT2D eigenvalue weighted by Crippen LogP contribution is -2.52. The second-order valence-corrected chi connectivity index (χ2v) is 9.50. The zero-order valence-electron chi connectivity index (χ0n) is 18.8. The topological polar surface area (TPSA) is 59.1 Å². The van der Waals surface area contributed by atoms with Gasteiger partial charge < -0.3 is 19.3 Å². The van der Waals surface area contributed by atoms with Crippen molar-refractivity contribution in [3.05, 3.63) is 35.4 Å². The van der Waals surface area contributed by atoms with Crippen LogP contribution in [0.3, 0.4) is 0 Å². The Morgan fingerprint density at radius 2 is 1.66 bits per heavy atom. The first-order valence-electron chi connectivity index (χ1n) is 10.9. The molecule has 0 spiro atoms. The standard InChI is InChI=1S/C23H31F3N2O4/c1-22(2,3)32-20(29)13-16-12-18(17-4-6-19(7-5-17)23(24,25)26)15-28(14-16)21(30)27-8-10-31-11-9-27/h4-7,16,18H,8-15H2,1-3H3. The summed E-state index contributed by atoms with van der Waals surface area (Å²) >= 11 is 0. The predicted molar refractivity (Wildman–Crippen MR) is 112 cm³/mol. The van der Waals surface area contributed by atoms with Crippen molar-refractivity contribution < 1.29 is 32.2 Å². The van der Waals surface area contributed by atoms with Crippen LogP contribution in [0.5, 0.6) is 0 Å². The molecule has 2 heterocycles. The van der Waals surface area contributed by atoms with E-state index in [2.05, 4.69) is 0 Å². The number of likely N-dealkylation sites (tertiary alicyclic amines) is 1. The lowest BCUT2D eigenvalue weighted by molar-refractivity contribution is -0.156. The quantitative estimate of drug-likeness (QED) is 0.637. The molecule has 6 nitrogen and oxygen atoms in total. The van der Waals surface area contributed by atoms with Crippen LogP contribution in [0.15, 0.2) is 24.3 Å². The maximum absolute atomic E-state index is 13.1. The molecule has 2 aliphatic rings. The maximum atomic E-state index is 13.1. The van der Waals surface area contributed by atoms with Gasteiger partial charge in [0.05, 0.1) is 25.2 Å². The van der Waals surface area contributed by atoms with Crippen molar-refractivity contribution in [2.75, 3.05) is 39.4 Å². The number of alkyl halides is 3. The second kappa shape index (κ2) is 9.68. The van der Waals surface area contributed by atoms with Crippen molar-refractivity contribution in [1.82, 2.24) is 9.80 Å². The monoisotopic (exact) mass is 456 g/mol. The van der Waals surface area contributed by atoms with Gasteiger partial charge in [-0.05, 0) is 50.8 Å². The van der Waals surface area contributed by atoms with Gasteiger partial charge in [-0.1, -0.05) is 12.1 Å². The summed E-state index contributed by atoms with van der Waals surface area (Å²) in [4.78, 5) is 29.0. The Hall–Kier alpha value is -2.29. The van der Waals surface area contributed by atoms with Gasteiger partial charge in [0.15, 0.2) is 0 Å². The summed E-state index contributed by atoms with van der Waals surface area (Å²) in [6.07, 6.45) is -3.65. The van der Waals surface area contributed by atoms with E-state index in [1.165, 1.54) is 12.1 Å². The molecule has 2 aliphatic heterocycles. The largest absolute Gasteiger partial charge is 0.460 e. The van der Waals surface area contributed by atoms with E-state index in [0.717, 1.165) is 17.7 Å². The van der Waals surface area contributed by atoms with Crippen LogP contribution in [0.2, 0.25) is 0 Å². The number of piperidine rings is 1. The molecule has 2 atom stereocenters. The van der Waals surface area contributed by atoms with Crippen molar-refractivity contribution in [1.29, 1.82) is 0 Å². The van der Waals surface area contributed by atoms with Crippen LogP contribution in [0.4, 0.5) is 18.0 Å². The molecule has 0 radical (unpaired) electrons. The summed E-state index contributed by atoms with van der Waals surface area (Å²) in [5.41, 5.74) is -0.586. The van der Waals surface area contributed by atoms with Crippen LogP contribution in [-0.2, 0) is 20.4 Å². The molecular weight excluding hydrogens is 425 g/mol. The van der Waals surface area contributed by atoms with Crippen LogP contribution in [0.25, 0.3) is 0 Å². The third kappa shape index (κ3) is 6.60.